The molecule has 0 aromatic heterocycles. The molecule has 0 radical (unpaired) electrons. The SMILES string of the molecule is CC1CN(CCc2ccc3c(c2)CCO3)C(C(C)C)CN1. The largest absolute Gasteiger partial charge is 0.493 e. The van der Waals surface area contributed by atoms with E-state index in [2.05, 4.69) is 49.2 Å². The summed E-state index contributed by atoms with van der Waals surface area (Å²) >= 11 is 0. The Balaban J connectivity index is 1.62. The van der Waals surface area contributed by atoms with Crippen molar-refractivity contribution >= 4 is 0 Å². The predicted octanol–water partition coefficient (Wildman–Crippen LogP) is 2.48. The van der Waals surface area contributed by atoms with Gasteiger partial charge < -0.3 is 10.1 Å². The average molecular weight is 288 g/mol. The fourth-order valence-corrected chi connectivity index (χ4v) is 3.59. The van der Waals surface area contributed by atoms with E-state index < -0.39 is 0 Å². The zero-order valence-corrected chi connectivity index (χ0v) is 13.6. The summed E-state index contributed by atoms with van der Waals surface area (Å²) in [6, 6.07) is 8.00. The number of nitrogens with one attached hydrogen (secondary N) is 1. The molecular weight excluding hydrogens is 260 g/mol. The Hall–Kier alpha value is -1.06. The molecule has 2 aliphatic rings. The Morgan fingerprint density at radius 3 is 3.05 bits per heavy atom. The number of benzene rings is 1. The Kier molecular flexibility index (Phi) is 4.51. The van der Waals surface area contributed by atoms with Gasteiger partial charge in [0.15, 0.2) is 0 Å². The molecule has 3 rings (SSSR count). The molecule has 0 aliphatic carbocycles. The van der Waals surface area contributed by atoms with E-state index >= 15 is 0 Å². The van der Waals surface area contributed by atoms with Gasteiger partial charge in [-0.2, -0.15) is 0 Å². The van der Waals surface area contributed by atoms with E-state index in [1.165, 1.54) is 11.1 Å². The van der Waals surface area contributed by atoms with Crippen LogP contribution >= 0.6 is 0 Å². The average Bonchev–Trinajstić information content (AvgIpc) is 2.92. The second-order valence-electron chi connectivity index (χ2n) is 6.91. The topological polar surface area (TPSA) is 24.5 Å². The molecule has 1 aromatic rings. The van der Waals surface area contributed by atoms with Crippen molar-refractivity contribution < 1.29 is 4.74 Å². The van der Waals surface area contributed by atoms with Gasteiger partial charge in [0.05, 0.1) is 6.61 Å². The quantitative estimate of drug-likeness (QED) is 0.921. The third kappa shape index (κ3) is 3.41. The van der Waals surface area contributed by atoms with Crippen LogP contribution in [0.3, 0.4) is 0 Å². The van der Waals surface area contributed by atoms with Crippen molar-refractivity contribution in [2.45, 2.75) is 45.7 Å². The van der Waals surface area contributed by atoms with Gasteiger partial charge in [-0.15, -0.1) is 0 Å². The highest BCUT2D eigenvalue weighted by molar-refractivity contribution is 5.39. The maximum Gasteiger partial charge on any atom is 0.122 e. The molecule has 2 atom stereocenters. The molecule has 2 heterocycles. The van der Waals surface area contributed by atoms with Crippen LogP contribution in [-0.2, 0) is 12.8 Å². The van der Waals surface area contributed by atoms with Gasteiger partial charge in [-0.25, -0.2) is 0 Å². The van der Waals surface area contributed by atoms with E-state index in [1.54, 1.807) is 0 Å². The Labute approximate surface area is 128 Å². The van der Waals surface area contributed by atoms with Crippen molar-refractivity contribution in [1.82, 2.24) is 10.2 Å². The normalized spacial score (nSPS) is 25.9. The molecule has 21 heavy (non-hydrogen) atoms. The van der Waals surface area contributed by atoms with Gasteiger partial charge in [0, 0.05) is 38.1 Å². The third-order valence-corrected chi connectivity index (χ3v) is 4.86. The van der Waals surface area contributed by atoms with Gasteiger partial charge in [-0.3, -0.25) is 4.90 Å². The van der Waals surface area contributed by atoms with Crippen molar-refractivity contribution in [3.8, 4) is 5.75 Å². The van der Waals surface area contributed by atoms with Crippen LogP contribution in [0, 0.1) is 5.92 Å². The van der Waals surface area contributed by atoms with Crippen molar-refractivity contribution in [1.29, 1.82) is 0 Å². The summed E-state index contributed by atoms with van der Waals surface area (Å²) in [6.07, 6.45) is 2.21. The number of nitrogens with zero attached hydrogens (tertiary/aromatic N) is 1. The molecule has 0 spiro atoms. The number of hydrogen-bond acceptors (Lipinski definition) is 3. The van der Waals surface area contributed by atoms with Crippen LogP contribution in [0.1, 0.15) is 31.9 Å². The molecule has 0 saturated carbocycles. The summed E-state index contributed by atoms with van der Waals surface area (Å²) in [4.78, 5) is 2.68. The van der Waals surface area contributed by atoms with E-state index in [1.807, 2.05) is 0 Å². The number of piperazine rings is 1. The first-order chi connectivity index (χ1) is 10.1. The van der Waals surface area contributed by atoms with Gasteiger partial charge in [0.25, 0.3) is 0 Å². The Morgan fingerprint density at radius 2 is 2.24 bits per heavy atom. The van der Waals surface area contributed by atoms with Crippen LogP contribution < -0.4 is 10.1 Å². The first kappa shape index (κ1) is 14.9. The summed E-state index contributed by atoms with van der Waals surface area (Å²) < 4.78 is 5.59. The van der Waals surface area contributed by atoms with Crippen LogP contribution in [0.5, 0.6) is 5.75 Å². The van der Waals surface area contributed by atoms with E-state index in [0.29, 0.717) is 18.0 Å². The fraction of sp³-hybridized carbons (Fsp3) is 0.667. The van der Waals surface area contributed by atoms with Crippen LogP contribution in [0.25, 0.3) is 0 Å². The van der Waals surface area contributed by atoms with Gasteiger partial charge >= 0.3 is 0 Å². The molecule has 1 fully saturated rings. The molecule has 2 aliphatic heterocycles. The third-order valence-electron chi connectivity index (χ3n) is 4.86. The van der Waals surface area contributed by atoms with Crippen molar-refractivity contribution in [2.75, 3.05) is 26.2 Å². The summed E-state index contributed by atoms with van der Waals surface area (Å²) in [5, 5.41) is 3.62. The van der Waals surface area contributed by atoms with E-state index in [4.69, 9.17) is 4.74 Å². The van der Waals surface area contributed by atoms with Crippen molar-refractivity contribution in [3.05, 3.63) is 29.3 Å². The second kappa shape index (κ2) is 6.37. The first-order valence-electron chi connectivity index (χ1n) is 8.35. The molecular formula is C18H28N2O. The Bertz CT molecular complexity index is 486. The lowest BCUT2D eigenvalue weighted by Gasteiger charge is -2.41. The molecule has 1 N–H and O–H groups in total. The summed E-state index contributed by atoms with van der Waals surface area (Å²) in [7, 11) is 0. The molecule has 1 saturated heterocycles. The fourth-order valence-electron chi connectivity index (χ4n) is 3.59. The Morgan fingerprint density at radius 1 is 1.38 bits per heavy atom. The predicted molar refractivity (Wildman–Crippen MR) is 87.0 cm³/mol. The van der Waals surface area contributed by atoms with Crippen molar-refractivity contribution in [3.63, 3.8) is 0 Å². The number of hydrogen-bond donors (Lipinski definition) is 1. The number of rotatable bonds is 4. The molecule has 3 heteroatoms. The minimum Gasteiger partial charge on any atom is -0.493 e. The summed E-state index contributed by atoms with van der Waals surface area (Å²) in [5.41, 5.74) is 2.84. The van der Waals surface area contributed by atoms with Crippen LogP contribution in [-0.4, -0.2) is 43.2 Å². The first-order valence-corrected chi connectivity index (χ1v) is 8.35. The molecule has 0 bridgehead atoms. The van der Waals surface area contributed by atoms with E-state index in [-0.39, 0.29) is 0 Å². The van der Waals surface area contributed by atoms with E-state index in [9.17, 15) is 0 Å². The lowest BCUT2D eigenvalue weighted by molar-refractivity contribution is 0.104. The monoisotopic (exact) mass is 288 g/mol. The zero-order chi connectivity index (χ0) is 14.8. The zero-order valence-electron chi connectivity index (χ0n) is 13.6. The summed E-state index contributed by atoms with van der Waals surface area (Å²) in [5.74, 6) is 1.80. The minimum atomic E-state index is 0.605. The van der Waals surface area contributed by atoms with Crippen LogP contribution in [0.4, 0.5) is 0 Å². The summed E-state index contributed by atoms with van der Waals surface area (Å²) in [6.45, 7) is 11.3. The highest BCUT2D eigenvalue weighted by Crippen LogP contribution is 2.26. The van der Waals surface area contributed by atoms with Gasteiger partial charge in [0.1, 0.15) is 5.75 Å². The highest BCUT2D eigenvalue weighted by Gasteiger charge is 2.27. The van der Waals surface area contributed by atoms with Gasteiger partial charge in [0.2, 0.25) is 0 Å². The molecule has 0 amide bonds. The molecule has 2 unspecified atom stereocenters. The lowest BCUT2D eigenvalue weighted by Crippen LogP contribution is -2.57. The standard InChI is InChI=1S/C18H28N2O/c1-13(2)17-11-19-14(3)12-20(17)8-6-15-4-5-18-16(10-15)7-9-21-18/h4-5,10,13-14,17,19H,6-9,11-12H2,1-3H3. The van der Waals surface area contributed by atoms with Crippen molar-refractivity contribution in [2.24, 2.45) is 5.92 Å². The molecule has 3 nitrogen and oxygen atoms in total. The maximum absolute atomic E-state index is 5.59. The second-order valence-corrected chi connectivity index (χ2v) is 6.91. The molecule has 1 aromatic carbocycles. The lowest BCUT2D eigenvalue weighted by atomic mass is 9.97. The van der Waals surface area contributed by atoms with Gasteiger partial charge in [-0.1, -0.05) is 26.0 Å². The minimum absolute atomic E-state index is 0.605. The highest BCUT2D eigenvalue weighted by atomic mass is 16.5. The van der Waals surface area contributed by atoms with Gasteiger partial charge in [-0.05, 0) is 36.5 Å². The van der Waals surface area contributed by atoms with Crippen LogP contribution in [0.2, 0.25) is 0 Å². The number of fused-ring (bicyclic) bond motifs is 1. The van der Waals surface area contributed by atoms with E-state index in [0.717, 1.165) is 44.8 Å². The number of ether oxygens (including phenoxy) is 1. The smallest absolute Gasteiger partial charge is 0.122 e. The molecule has 116 valence electrons. The van der Waals surface area contributed by atoms with Crippen LogP contribution in [0.15, 0.2) is 18.2 Å². The maximum atomic E-state index is 5.59.